The van der Waals surface area contributed by atoms with Crippen molar-refractivity contribution < 1.29 is 180 Å². The van der Waals surface area contributed by atoms with Crippen LogP contribution in [0.25, 0.3) is 78.7 Å². The Balaban J connectivity index is 1.19. The molecular formula is C67H52F16N4O22. The number of ether oxygens (including phenoxy) is 5. The highest BCUT2D eigenvalue weighted by Gasteiger charge is 2.53. The van der Waals surface area contributed by atoms with Gasteiger partial charge in [0.1, 0.15) is 122 Å². The first kappa shape index (κ1) is 78.4. The molecule has 0 radical (unpaired) electrons. The molecular weight excluding hydrogens is 1520 g/mol. The molecule has 13 rings (SSSR count). The highest BCUT2D eigenvalue weighted by atomic mass is 19.2. The van der Waals surface area contributed by atoms with Crippen LogP contribution in [0, 0.1) is 93.1 Å². The molecule has 8 bridgehead atoms. The second-order valence-electron chi connectivity index (χ2n) is 25.6. The first-order valence-electron chi connectivity index (χ1n) is 31.9. The zero-order valence-electron chi connectivity index (χ0n) is 53.9. The molecule has 42 heteroatoms. The second-order valence-corrected chi connectivity index (χ2v) is 25.6. The summed E-state index contributed by atoms with van der Waals surface area (Å²) in [6.07, 6.45) is -48.8. The number of carbonyl (C=O) groups excluding carboxylic acids is 1. The lowest BCUT2D eigenvalue weighted by atomic mass is 9.89. The fraction of sp³-hybridized carbons (Fsp3) is 0.358. The first-order valence-corrected chi connectivity index (χ1v) is 31.9. The summed E-state index contributed by atoms with van der Waals surface area (Å²) in [7, 11) is 0. The van der Waals surface area contributed by atoms with Crippen LogP contribution in [0.15, 0.2) is 24.3 Å². The Labute approximate surface area is 594 Å². The summed E-state index contributed by atoms with van der Waals surface area (Å²) in [5, 5.41) is 167. The van der Waals surface area contributed by atoms with E-state index in [1.807, 2.05) is 0 Å². The third kappa shape index (κ3) is 12.1. The lowest BCUT2D eigenvalue weighted by Gasteiger charge is -2.40. The van der Waals surface area contributed by atoms with Crippen molar-refractivity contribution in [2.24, 2.45) is 0 Å². The Kier molecular flexibility index (Phi) is 21.0. The molecule has 3 aromatic heterocycles. The molecule has 26 nitrogen and oxygen atoms in total. The van der Waals surface area contributed by atoms with E-state index in [1.54, 1.807) is 0 Å². The van der Waals surface area contributed by atoms with E-state index in [9.17, 15) is 86.5 Å². The topological polar surface area (TPSA) is 444 Å². The summed E-state index contributed by atoms with van der Waals surface area (Å²) in [6, 6.07) is 1.72. The largest absolute Gasteiger partial charge is 0.402 e. The average Bonchev–Trinajstić information content (AvgIpc) is 1.72. The molecule has 6 aliphatic heterocycles. The number of H-pyrrole nitrogens is 2. The number of nitrogens with one attached hydrogen (secondary N) is 2. The van der Waals surface area contributed by atoms with Gasteiger partial charge in [-0.1, -0.05) is 0 Å². The number of aliphatic hydroxyl groups excluding tert-OH is 16. The molecule has 9 heterocycles. The highest BCUT2D eigenvalue weighted by molar-refractivity contribution is 6.05. The van der Waals surface area contributed by atoms with Crippen LogP contribution in [0.1, 0.15) is 68.5 Å². The van der Waals surface area contributed by atoms with Gasteiger partial charge in [0.15, 0.2) is 98.8 Å². The summed E-state index contributed by atoms with van der Waals surface area (Å²) >= 11 is 0. The van der Waals surface area contributed by atoms with Crippen LogP contribution in [0.3, 0.4) is 0 Å². The predicted octanol–water partition coefficient (Wildman–Crippen LogP) is 2.66. The van der Waals surface area contributed by atoms with Gasteiger partial charge in [0, 0.05) is 33.2 Å². The summed E-state index contributed by atoms with van der Waals surface area (Å²) in [5.74, 6) is -46.8. The normalized spacial score (nSPS) is 29.3. The Morgan fingerprint density at radius 2 is 0.523 bits per heavy atom. The van der Waals surface area contributed by atoms with Crippen molar-refractivity contribution in [1.29, 1.82) is 0 Å². The number of benzene rings is 4. The molecule has 6 aliphatic rings. The van der Waals surface area contributed by atoms with Crippen LogP contribution in [-0.2, 0) is 18.9 Å². The van der Waals surface area contributed by atoms with Crippen LogP contribution in [0.2, 0.25) is 0 Å². The molecule has 109 heavy (non-hydrogen) atoms. The van der Waals surface area contributed by atoms with E-state index < -0.39 is 359 Å². The van der Waals surface area contributed by atoms with Gasteiger partial charge in [-0.15, -0.1) is 0 Å². The zero-order chi connectivity index (χ0) is 79.3. The molecule has 7 aromatic rings. The van der Waals surface area contributed by atoms with Crippen LogP contribution < -0.4 is 4.74 Å². The number of aromatic amines is 2. The number of rotatable bonds is 12. The SMILES string of the molecule is O=C1Oc2nc1c(-c1c(F)c(F)c([C@@H]3O[C@H](CO)[C@@H](O)[C@H](O)[C@H]3O)c(F)c1F)c1ccc([nH]1)c(-c1c(F)c(F)c([C@@H]3O[C@H](CO)[C@@H](O)[C@H](O)[C@H]3O)c(F)c1F)c1nc(c(-c3c(F)c(F)c([C@@H]4O[C@H](CO)[C@@H](O)[C@H](O)[C@H]4O)c(F)c3F)c3ccc([nH]3)c2-c2c(F)c(F)c([C@@H]3O[C@H](CO)[C@@H](O)[C@H](O)[C@H]3O)c(F)c2F)C=C1. The minimum atomic E-state index is -2.82. The maximum Gasteiger partial charge on any atom is 0.364 e. The number of carbonyl (C=O) groups is 1. The van der Waals surface area contributed by atoms with Crippen molar-refractivity contribution in [2.75, 3.05) is 26.4 Å². The van der Waals surface area contributed by atoms with Gasteiger partial charge in [-0.25, -0.2) is 85.0 Å². The van der Waals surface area contributed by atoms with E-state index in [0.29, 0.717) is 36.4 Å². The molecule has 4 fully saturated rings. The lowest BCUT2D eigenvalue weighted by Crippen LogP contribution is -2.55. The Bertz CT molecular complexity index is 5000. The smallest absolute Gasteiger partial charge is 0.364 e. The van der Waals surface area contributed by atoms with Crippen molar-refractivity contribution in [3.63, 3.8) is 0 Å². The van der Waals surface area contributed by atoms with E-state index in [2.05, 4.69) is 19.9 Å². The van der Waals surface area contributed by atoms with Gasteiger partial charge >= 0.3 is 5.97 Å². The van der Waals surface area contributed by atoms with Crippen molar-refractivity contribution in [3.05, 3.63) is 157 Å². The van der Waals surface area contributed by atoms with Gasteiger partial charge < -0.3 is 115 Å². The average molecular weight is 1570 g/mol. The number of aliphatic hydroxyl groups is 16. The van der Waals surface area contributed by atoms with Gasteiger partial charge in [0.2, 0.25) is 5.88 Å². The summed E-state index contributed by atoms with van der Waals surface area (Å²) in [5.41, 5.74) is -32.5. The fourth-order valence-corrected chi connectivity index (χ4v) is 14.0. The molecule has 20 atom stereocenters. The van der Waals surface area contributed by atoms with Crippen LogP contribution in [0.5, 0.6) is 5.88 Å². The molecule has 584 valence electrons. The van der Waals surface area contributed by atoms with Crippen molar-refractivity contribution in [1.82, 2.24) is 19.9 Å². The Morgan fingerprint density at radius 1 is 0.294 bits per heavy atom. The van der Waals surface area contributed by atoms with E-state index in [4.69, 9.17) is 23.7 Å². The van der Waals surface area contributed by atoms with Crippen LogP contribution >= 0.6 is 0 Å². The van der Waals surface area contributed by atoms with E-state index in [0.717, 1.165) is 0 Å². The molecule has 18 N–H and O–H groups in total. The Hall–Kier alpha value is -8.71. The molecule has 0 spiro atoms. The van der Waals surface area contributed by atoms with E-state index >= 15 is 70.2 Å². The maximum absolute atomic E-state index is 17.6. The van der Waals surface area contributed by atoms with Crippen molar-refractivity contribution >= 4 is 40.2 Å². The number of nitrogens with zero attached hydrogens (tertiary/aromatic N) is 2. The van der Waals surface area contributed by atoms with Gasteiger partial charge in [-0.2, -0.15) is 0 Å². The zero-order valence-corrected chi connectivity index (χ0v) is 53.9. The quantitative estimate of drug-likeness (QED) is 0.0475. The van der Waals surface area contributed by atoms with Crippen LogP contribution in [-0.4, -0.2) is 232 Å². The number of esters is 1. The molecule has 4 saturated heterocycles. The van der Waals surface area contributed by atoms with Gasteiger partial charge in [0.25, 0.3) is 0 Å². The van der Waals surface area contributed by atoms with Crippen LogP contribution in [0.4, 0.5) is 70.2 Å². The van der Waals surface area contributed by atoms with Gasteiger partial charge in [-0.05, 0) is 36.4 Å². The lowest BCUT2D eigenvalue weighted by molar-refractivity contribution is -0.233. The third-order valence-electron chi connectivity index (χ3n) is 19.5. The van der Waals surface area contributed by atoms with Gasteiger partial charge in [-0.3, -0.25) is 0 Å². The minimum absolute atomic E-state index is 0.402. The summed E-state index contributed by atoms with van der Waals surface area (Å²) in [4.78, 5) is 27.0. The molecule has 0 aliphatic carbocycles. The van der Waals surface area contributed by atoms with E-state index in [-0.39, 0.29) is 0 Å². The molecule has 0 saturated carbocycles. The number of hydrogen-bond donors (Lipinski definition) is 18. The first-order chi connectivity index (χ1) is 51.5. The molecule has 0 amide bonds. The Morgan fingerprint density at radius 3 is 0.780 bits per heavy atom. The molecule has 4 aromatic carbocycles. The van der Waals surface area contributed by atoms with Gasteiger partial charge in [0.05, 0.1) is 93.4 Å². The standard InChI is InChI=1S/C67H52F16N4O22/c68-33-25(34(69)42(77)29(41(33)76)62-58(100)54(96)50(92)17(7-88)105-62)21-11-1-2-12(84-11)22(26-35(70)43(78)30(44(79)36(26)71)63-59(101)55(97)51(93)18(8-89)106-63)14-4-6-16(86-14)24(28-39(74)47(82)32(48(83)40(28)75)65-61(103)57(99)53(95)20(10-91)108-65)66-87-49(67(104)109-66)23(15-5-3-13(21)85-15)27-37(72)45(80)31(46(81)38(27)73)64-60(102)56(98)52(94)19(9-90)107-64/h1-6,17-20,50-65,85-86,88-103H,7-10H2/t17-,18-,19-,20-,50-,51-,52-,53-,54+,55+,56+,57+,58-,59-,60-,61-,62+,63+,64+,65+/m1/s1. The number of aromatic nitrogens is 4. The maximum atomic E-state index is 17.6. The fourth-order valence-electron chi connectivity index (χ4n) is 14.0. The number of hydrogen-bond acceptors (Lipinski definition) is 24. The third-order valence-corrected chi connectivity index (χ3v) is 19.5. The second kappa shape index (κ2) is 29.2. The van der Waals surface area contributed by atoms with Crippen molar-refractivity contribution in [3.8, 4) is 50.4 Å². The summed E-state index contributed by atoms with van der Waals surface area (Å²) in [6.45, 7) is -5.30. The summed E-state index contributed by atoms with van der Waals surface area (Å²) < 4.78 is 303. The van der Waals surface area contributed by atoms with E-state index in [1.165, 1.54) is 0 Å². The number of fused-ring (bicyclic) bond motifs is 8. The number of halogens is 16. The molecule has 0 unspecified atom stereocenters. The van der Waals surface area contributed by atoms with Crippen molar-refractivity contribution in [2.45, 2.75) is 122 Å². The highest BCUT2D eigenvalue weighted by Crippen LogP contribution is 2.51. The predicted molar refractivity (Wildman–Crippen MR) is 327 cm³/mol. The monoisotopic (exact) mass is 1570 g/mol. The minimum Gasteiger partial charge on any atom is -0.402 e.